The largest absolute Gasteiger partial charge is 0.370 e. The van der Waals surface area contributed by atoms with Gasteiger partial charge in [-0.3, -0.25) is 9.59 Å². The van der Waals surface area contributed by atoms with Crippen LogP contribution in [0.15, 0.2) is 59.4 Å². The molecule has 1 aliphatic heterocycles. The van der Waals surface area contributed by atoms with Crippen molar-refractivity contribution in [2.75, 3.05) is 39.4 Å². The topological polar surface area (TPSA) is 64.8 Å². The van der Waals surface area contributed by atoms with E-state index >= 15 is 0 Å². The predicted molar refractivity (Wildman–Crippen MR) is 122 cm³/mol. The van der Waals surface area contributed by atoms with Crippen LogP contribution < -0.4 is 15.8 Å². The third kappa shape index (κ3) is 5.34. The van der Waals surface area contributed by atoms with Crippen molar-refractivity contribution < 1.29 is 14.4 Å². The molecule has 0 bridgehead atoms. The van der Waals surface area contributed by atoms with Gasteiger partial charge in [-0.15, -0.1) is 0 Å². The van der Waals surface area contributed by atoms with Crippen LogP contribution >= 0.6 is 11.6 Å². The highest BCUT2D eigenvalue weighted by molar-refractivity contribution is 6.30. The Morgan fingerprint density at radius 1 is 1.10 bits per heavy atom. The Morgan fingerprint density at radius 3 is 2.61 bits per heavy atom. The fourth-order valence-electron chi connectivity index (χ4n) is 4.00. The Bertz CT molecular complexity index is 1110. The summed E-state index contributed by atoms with van der Waals surface area (Å²) in [5.74, 6) is -0.205. The molecule has 1 aromatic heterocycles. The number of pyridine rings is 1. The summed E-state index contributed by atoms with van der Waals surface area (Å²) < 4.78 is 7.07. The first kappa shape index (κ1) is 21.6. The number of para-hydroxylation sites is 1. The third-order valence-electron chi connectivity index (χ3n) is 5.71. The van der Waals surface area contributed by atoms with Crippen LogP contribution in [0.4, 0.5) is 0 Å². The molecule has 2 aromatic carbocycles. The highest BCUT2D eigenvalue weighted by Gasteiger charge is 2.16. The van der Waals surface area contributed by atoms with Gasteiger partial charge in [-0.2, -0.15) is 0 Å². The van der Waals surface area contributed by atoms with Crippen LogP contribution in [-0.2, 0) is 11.3 Å². The monoisotopic (exact) mass is 440 g/mol. The summed E-state index contributed by atoms with van der Waals surface area (Å²) in [7, 11) is 0. The van der Waals surface area contributed by atoms with Crippen LogP contribution in [0.2, 0.25) is 5.02 Å². The van der Waals surface area contributed by atoms with Crippen molar-refractivity contribution >= 4 is 28.4 Å². The molecule has 0 atom stereocenters. The Morgan fingerprint density at radius 2 is 1.84 bits per heavy atom. The van der Waals surface area contributed by atoms with Crippen LogP contribution in [0, 0.1) is 0 Å². The van der Waals surface area contributed by atoms with E-state index in [1.54, 1.807) is 4.57 Å². The summed E-state index contributed by atoms with van der Waals surface area (Å²) in [6.45, 7) is 5.66. The Labute approximate surface area is 186 Å². The van der Waals surface area contributed by atoms with Crippen molar-refractivity contribution in [3.63, 3.8) is 0 Å². The molecule has 4 rings (SSSR count). The zero-order chi connectivity index (χ0) is 21.6. The second-order valence-corrected chi connectivity index (χ2v) is 8.28. The first-order valence-corrected chi connectivity index (χ1v) is 11.1. The van der Waals surface area contributed by atoms with Gasteiger partial charge in [0, 0.05) is 29.4 Å². The first-order valence-electron chi connectivity index (χ1n) is 10.7. The van der Waals surface area contributed by atoms with E-state index in [9.17, 15) is 9.59 Å². The van der Waals surface area contributed by atoms with E-state index in [1.165, 1.54) is 11.0 Å². The third-order valence-corrected chi connectivity index (χ3v) is 5.96. The minimum atomic E-state index is -0.205. The first-order chi connectivity index (χ1) is 15.1. The number of morpholine rings is 1. The molecular formula is C24H27ClN3O3+. The molecule has 0 aliphatic carbocycles. The average molecular weight is 441 g/mol. The maximum atomic E-state index is 12.9. The molecule has 7 heteroatoms. The summed E-state index contributed by atoms with van der Waals surface area (Å²) in [6, 6.07) is 16.4. The minimum Gasteiger partial charge on any atom is -0.370 e. The van der Waals surface area contributed by atoms with Crippen LogP contribution in [0.25, 0.3) is 10.9 Å². The number of benzene rings is 2. The number of nitrogens with zero attached hydrogens (tertiary/aromatic N) is 1. The summed E-state index contributed by atoms with van der Waals surface area (Å²) in [6.07, 6.45) is 0.895. The fraction of sp³-hybridized carbons (Fsp3) is 0.333. The number of hydrogen-bond donors (Lipinski definition) is 2. The molecule has 31 heavy (non-hydrogen) atoms. The molecule has 3 aromatic rings. The maximum Gasteiger partial charge on any atom is 0.252 e. The van der Waals surface area contributed by atoms with Gasteiger partial charge in [0.25, 0.3) is 11.5 Å². The van der Waals surface area contributed by atoms with Crippen molar-refractivity contribution in [2.45, 2.75) is 13.0 Å². The molecule has 1 saturated heterocycles. The summed E-state index contributed by atoms with van der Waals surface area (Å²) in [5, 5.41) is 4.41. The second-order valence-electron chi connectivity index (χ2n) is 7.85. The molecule has 1 fully saturated rings. The molecule has 0 unspecified atom stereocenters. The van der Waals surface area contributed by atoms with Crippen LogP contribution in [-0.4, -0.2) is 49.9 Å². The van der Waals surface area contributed by atoms with Crippen molar-refractivity contribution in [3.8, 4) is 0 Å². The van der Waals surface area contributed by atoms with E-state index < -0.39 is 0 Å². The van der Waals surface area contributed by atoms with Gasteiger partial charge < -0.3 is 19.5 Å². The van der Waals surface area contributed by atoms with Crippen molar-refractivity contribution in [2.24, 2.45) is 0 Å². The molecule has 0 saturated carbocycles. The number of rotatable bonds is 7. The molecular weight excluding hydrogens is 414 g/mol. The maximum absolute atomic E-state index is 12.9. The molecule has 0 spiro atoms. The Kier molecular flexibility index (Phi) is 7.02. The minimum absolute atomic E-state index is 0.198. The lowest BCUT2D eigenvalue weighted by Crippen LogP contribution is -3.14. The number of fused-ring (bicyclic) bond motifs is 1. The lowest BCUT2D eigenvalue weighted by Gasteiger charge is -2.23. The van der Waals surface area contributed by atoms with Crippen molar-refractivity contribution in [3.05, 3.63) is 81.1 Å². The predicted octanol–water partition coefficient (Wildman–Crippen LogP) is 1.74. The highest BCUT2D eigenvalue weighted by atomic mass is 35.5. The van der Waals surface area contributed by atoms with Crippen LogP contribution in [0.1, 0.15) is 22.3 Å². The highest BCUT2D eigenvalue weighted by Crippen LogP contribution is 2.18. The molecule has 1 aliphatic rings. The lowest BCUT2D eigenvalue weighted by atomic mass is 10.1. The molecule has 2 N–H and O–H groups in total. The molecule has 0 radical (unpaired) electrons. The van der Waals surface area contributed by atoms with Crippen LogP contribution in [0.5, 0.6) is 0 Å². The van der Waals surface area contributed by atoms with Gasteiger partial charge in [0.2, 0.25) is 0 Å². The van der Waals surface area contributed by atoms with Gasteiger partial charge in [0.15, 0.2) is 0 Å². The lowest BCUT2D eigenvalue weighted by molar-refractivity contribution is -0.908. The van der Waals surface area contributed by atoms with Gasteiger partial charge in [0.1, 0.15) is 13.1 Å². The van der Waals surface area contributed by atoms with Gasteiger partial charge in [-0.1, -0.05) is 41.9 Å². The average Bonchev–Trinajstić information content (AvgIpc) is 2.80. The number of quaternary nitrogens is 1. The number of amides is 1. The number of halogens is 1. The second kappa shape index (κ2) is 10.1. The van der Waals surface area contributed by atoms with E-state index in [0.717, 1.165) is 55.7 Å². The molecule has 162 valence electrons. The van der Waals surface area contributed by atoms with Crippen molar-refractivity contribution in [1.82, 2.24) is 9.88 Å². The smallest absolute Gasteiger partial charge is 0.252 e. The zero-order valence-corrected chi connectivity index (χ0v) is 18.2. The number of carbonyl (C=O) groups is 1. The van der Waals surface area contributed by atoms with Crippen LogP contribution in [0.3, 0.4) is 0 Å². The molecule has 6 nitrogen and oxygen atoms in total. The Balaban J connectivity index is 1.49. The summed E-state index contributed by atoms with van der Waals surface area (Å²) >= 11 is 5.97. The number of hydrogen-bond acceptors (Lipinski definition) is 3. The van der Waals surface area contributed by atoms with Gasteiger partial charge in [-0.05, 0) is 23.8 Å². The van der Waals surface area contributed by atoms with Crippen molar-refractivity contribution in [1.29, 1.82) is 0 Å². The quantitative estimate of drug-likeness (QED) is 0.550. The van der Waals surface area contributed by atoms with E-state index in [-0.39, 0.29) is 11.5 Å². The van der Waals surface area contributed by atoms with E-state index in [1.807, 2.05) is 48.5 Å². The van der Waals surface area contributed by atoms with Gasteiger partial charge >= 0.3 is 0 Å². The Hall–Kier alpha value is -2.67. The standard InChI is InChI=1S/C24H26ClN3O3/c25-19-8-6-18(7-9-19)17-28-22-5-2-1-4-20(22)21(16-23(28)29)24(30)26-10-3-11-27-12-14-31-15-13-27/h1-2,4-9,16H,3,10-15,17H2,(H,26,30)/p+1. The number of carbonyl (C=O) groups excluding carboxylic acids is 1. The zero-order valence-electron chi connectivity index (χ0n) is 17.4. The number of aromatic nitrogens is 1. The number of nitrogens with one attached hydrogen (secondary N) is 2. The van der Waals surface area contributed by atoms with Gasteiger partial charge in [-0.25, -0.2) is 0 Å². The summed E-state index contributed by atoms with van der Waals surface area (Å²) in [4.78, 5) is 27.3. The molecule has 2 heterocycles. The van der Waals surface area contributed by atoms with E-state index in [4.69, 9.17) is 16.3 Å². The van der Waals surface area contributed by atoms with Gasteiger partial charge in [0.05, 0.1) is 37.4 Å². The van der Waals surface area contributed by atoms with E-state index in [0.29, 0.717) is 23.7 Å². The SMILES string of the molecule is O=C(NCCC[NH+]1CCOCC1)c1cc(=O)n(Cc2ccc(Cl)cc2)c2ccccc12. The number of ether oxygens (including phenoxy) is 1. The van der Waals surface area contributed by atoms with E-state index in [2.05, 4.69) is 5.32 Å². The molecule has 1 amide bonds. The summed E-state index contributed by atoms with van der Waals surface area (Å²) in [5.41, 5.74) is 1.94. The fourth-order valence-corrected chi connectivity index (χ4v) is 4.13. The normalized spacial score (nSPS) is 14.6.